The Labute approximate surface area is 189 Å². The second-order valence-electron chi connectivity index (χ2n) is 6.71. The maximum atomic E-state index is 5.81. The lowest BCUT2D eigenvalue weighted by molar-refractivity contribution is 0.293. The molecule has 1 heterocycles. The van der Waals surface area contributed by atoms with Crippen LogP contribution in [0.2, 0.25) is 0 Å². The van der Waals surface area contributed by atoms with Crippen LogP contribution in [0.15, 0.2) is 53.7 Å². The molecule has 7 heteroatoms. The molecule has 5 nitrogen and oxygen atoms in total. The highest BCUT2D eigenvalue weighted by Gasteiger charge is 2.24. The summed E-state index contributed by atoms with van der Waals surface area (Å²) < 4.78 is 5.81. The summed E-state index contributed by atoms with van der Waals surface area (Å²) in [5, 5.41) is 7.70. The van der Waals surface area contributed by atoms with Crippen molar-refractivity contribution in [2.75, 3.05) is 13.3 Å². The van der Waals surface area contributed by atoms with Crippen LogP contribution in [0.1, 0.15) is 30.4 Å². The molecule has 2 unspecified atom stereocenters. The first-order valence-electron chi connectivity index (χ1n) is 9.38. The van der Waals surface area contributed by atoms with E-state index in [1.165, 1.54) is 19.3 Å². The Balaban J connectivity index is 0.00000280. The maximum absolute atomic E-state index is 5.81. The fourth-order valence-corrected chi connectivity index (χ4v) is 4.03. The van der Waals surface area contributed by atoms with Gasteiger partial charge >= 0.3 is 0 Å². The van der Waals surface area contributed by atoms with Crippen LogP contribution in [0.25, 0.3) is 0 Å². The van der Waals surface area contributed by atoms with E-state index >= 15 is 0 Å². The van der Waals surface area contributed by atoms with Gasteiger partial charge in [-0.1, -0.05) is 30.3 Å². The number of guanidine groups is 1. The van der Waals surface area contributed by atoms with E-state index in [1.54, 1.807) is 6.20 Å². The molecule has 0 aliphatic heterocycles. The van der Waals surface area contributed by atoms with Crippen molar-refractivity contribution in [3.8, 4) is 5.88 Å². The topological polar surface area (TPSA) is 58.5 Å². The van der Waals surface area contributed by atoms with Crippen LogP contribution in [0.3, 0.4) is 0 Å². The van der Waals surface area contributed by atoms with Gasteiger partial charge in [0, 0.05) is 37.1 Å². The highest BCUT2D eigenvalue weighted by molar-refractivity contribution is 14.0. The highest BCUT2D eigenvalue weighted by atomic mass is 127. The Kier molecular flexibility index (Phi) is 9.91. The SMILES string of the molecule is CN=C(NCc1ccnc(OCc2ccccc2)c1)NC1CCC(SC)C1.I. The lowest BCUT2D eigenvalue weighted by Gasteiger charge is -2.17. The van der Waals surface area contributed by atoms with Gasteiger partial charge in [0.2, 0.25) is 5.88 Å². The molecule has 1 saturated carbocycles. The number of ether oxygens (including phenoxy) is 1. The predicted molar refractivity (Wildman–Crippen MR) is 129 cm³/mol. The van der Waals surface area contributed by atoms with Gasteiger partial charge in [0.05, 0.1) is 0 Å². The monoisotopic (exact) mass is 512 g/mol. The van der Waals surface area contributed by atoms with Crippen molar-refractivity contribution >= 4 is 41.7 Å². The molecule has 1 aromatic heterocycles. The van der Waals surface area contributed by atoms with Crippen LogP contribution in [0.4, 0.5) is 0 Å². The minimum Gasteiger partial charge on any atom is -0.473 e. The van der Waals surface area contributed by atoms with Crippen LogP contribution in [0, 0.1) is 0 Å². The van der Waals surface area contributed by atoms with E-state index < -0.39 is 0 Å². The van der Waals surface area contributed by atoms with Crippen molar-refractivity contribution in [3.63, 3.8) is 0 Å². The number of pyridine rings is 1. The lowest BCUT2D eigenvalue weighted by atomic mass is 10.2. The average Bonchev–Trinajstić information content (AvgIpc) is 3.18. The van der Waals surface area contributed by atoms with E-state index in [2.05, 4.69) is 26.9 Å². The summed E-state index contributed by atoms with van der Waals surface area (Å²) in [5.74, 6) is 1.49. The van der Waals surface area contributed by atoms with Gasteiger partial charge in [-0.25, -0.2) is 4.98 Å². The van der Waals surface area contributed by atoms with E-state index in [0.717, 1.165) is 22.3 Å². The Bertz CT molecular complexity index is 744. The minimum absolute atomic E-state index is 0. The smallest absolute Gasteiger partial charge is 0.213 e. The fraction of sp³-hybridized carbons (Fsp3) is 0.429. The molecule has 2 aromatic rings. The van der Waals surface area contributed by atoms with E-state index in [0.29, 0.717) is 25.1 Å². The third kappa shape index (κ3) is 7.16. The Morgan fingerprint density at radius 2 is 2.04 bits per heavy atom. The number of rotatable bonds is 7. The number of nitrogens with zero attached hydrogens (tertiary/aromatic N) is 2. The Morgan fingerprint density at radius 3 is 2.75 bits per heavy atom. The van der Waals surface area contributed by atoms with Crippen molar-refractivity contribution < 1.29 is 4.74 Å². The van der Waals surface area contributed by atoms with Gasteiger partial charge in [-0.05, 0) is 42.7 Å². The first kappa shape index (κ1) is 22.8. The van der Waals surface area contributed by atoms with Crippen LogP contribution >= 0.6 is 35.7 Å². The molecular weight excluding hydrogens is 483 g/mol. The van der Waals surface area contributed by atoms with E-state index in [9.17, 15) is 0 Å². The predicted octanol–water partition coefficient (Wildman–Crippen LogP) is 4.23. The molecule has 0 radical (unpaired) electrons. The summed E-state index contributed by atoms with van der Waals surface area (Å²) in [5.41, 5.74) is 2.25. The van der Waals surface area contributed by atoms with E-state index in [-0.39, 0.29) is 24.0 Å². The molecule has 2 atom stereocenters. The lowest BCUT2D eigenvalue weighted by Crippen LogP contribution is -2.42. The van der Waals surface area contributed by atoms with Gasteiger partial charge in [0.15, 0.2) is 5.96 Å². The number of benzene rings is 1. The quantitative estimate of drug-likeness (QED) is 0.331. The molecule has 1 aromatic carbocycles. The molecule has 1 aliphatic carbocycles. The molecule has 0 saturated heterocycles. The Hall–Kier alpha value is -1.48. The first-order chi connectivity index (χ1) is 13.3. The Morgan fingerprint density at radius 1 is 1.21 bits per heavy atom. The molecule has 1 aliphatic rings. The molecule has 2 N–H and O–H groups in total. The second kappa shape index (κ2) is 12.2. The van der Waals surface area contributed by atoms with E-state index in [4.69, 9.17) is 4.74 Å². The summed E-state index contributed by atoms with van der Waals surface area (Å²) in [6, 6.07) is 14.6. The molecule has 152 valence electrons. The minimum atomic E-state index is 0. The van der Waals surface area contributed by atoms with Crippen molar-refractivity contribution in [3.05, 3.63) is 59.8 Å². The molecule has 1 fully saturated rings. The fourth-order valence-electron chi connectivity index (χ4n) is 3.23. The third-order valence-corrected chi connectivity index (χ3v) is 5.87. The normalized spacial score (nSPS) is 19.0. The summed E-state index contributed by atoms with van der Waals surface area (Å²) in [4.78, 5) is 8.66. The summed E-state index contributed by atoms with van der Waals surface area (Å²) in [6.45, 7) is 1.20. The van der Waals surface area contributed by atoms with Crippen molar-refractivity contribution in [2.24, 2.45) is 4.99 Å². The molecule has 0 amide bonds. The van der Waals surface area contributed by atoms with Gasteiger partial charge in [-0.3, -0.25) is 4.99 Å². The van der Waals surface area contributed by atoms with Crippen molar-refractivity contribution in [2.45, 2.75) is 43.7 Å². The van der Waals surface area contributed by atoms with Crippen LogP contribution < -0.4 is 15.4 Å². The van der Waals surface area contributed by atoms with Crippen LogP contribution in [-0.2, 0) is 13.2 Å². The van der Waals surface area contributed by atoms with Crippen molar-refractivity contribution in [1.29, 1.82) is 0 Å². The summed E-state index contributed by atoms with van der Waals surface area (Å²) in [6.07, 6.45) is 7.67. The highest BCUT2D eigenvalue weighted by Crippen LogP contribution is 2.28. The van der Waals surface area contributed by atoms with Gasteiger partial charge in [0.25, 0.3) is 0 Å². The van der Waals surface area contributed by atoms with Gasteiger partial charge < -0.3 is 15.4 Å². The van der Waals surface area contributed by atoms with E-state index in [1.807, 2.05) is 61.3 Å². The maximum Gasteiger partial charge on any atom is 0.213 e. The molecular formula is C21H29IN4OS. The van der Waals surface area contributed by atoms with Crippen LogP contribution in [0.5, 0.6) is 5.88 Å². The number of hydrogen-bond donors (Lipinski definition) is 2. The van der Waals surface area contributed by atoms with Gasteiger partial charge in [-0.15, -0.1) is 24.0 Å². The van der Waals surface area contributed by atoms with Gasteiger partial charge in [0.1, 0.15) is 6.61 Å². The zero-order valence-electron chi connectivity index (χ0n) is 16.4. The standard InChI is InChI=1S/C21H28N4OS.HI/c1-22-21(25-18-8-9-19(13-18)27-2)24-14-17-10-11-23-20(12-17)26-15-16-6-4-3-5-7-16;/h3-7,10-12,18-19H,8-9,13-15H2,1-2H3,(H2,22,24,25);1H. The number of aromatic nitrogens is 1. The number of nitrogens with one attached hydrogen (secondary N) is 2. The summed E-state index contributed by atoms with van der Waals surface area (Å²) >= 11 is 1.96. The first-order valence-corrected chi connectivity index (χ1v) is 10.7. The van der Waals surface area contributed by atoms with Gasteiger partial charge in [-0.2, -0.15) is 11.8 Å². The molecule has 28 heavy (non-hydrogen) atoms. The zero-order valence-corrected chi connectivity index (χ0v) is 19.6. The zero-order chi connectivity index (χ0) is 18.9. The number of halogens is 1. The molecule has 0 spiro atoms. The molecule has 3 rings (SSSR count). The largest absolute Gasteiger partial charge is 0.473 e. The van der Waals surface area contributed by atoms with Crippen molar-refractivity contribution in [1.82, 2.24) is 15.6 Å². The second-order valence-corrected chi connectivity index (χ2v) is 7.85. The molecule has 0 bridgehead atoms. The van der Waals surface area contributed by atoms with Crippen LogP contribution in [-0.4, -0.2) is 35.5 Å². The average molecular weight is 512 g/mol. The number of aliphatic imine (C=N–C) groups is 1. The number of hydrogen-bond acceptors (Lipinski definition) is 4. The summed E-state index contributed by atoms with van der Waals surface area (Å²) in [7, 11) is 1.82. The third-order valence-electron chi connectivity index (χ3n) is 4.77. The number of thioether (sulfide) groups is 1.